The Bertz CT molecular complexity index is 556. The smallest absolute Gasteiger partial charge is 0.101 e. The molecule has 0 saturated carbocycles. The standard InChI is InChI=1S/C18H24N2S/c1-13(2)11-19-12-16-5-7-17(8-6-16)21-18-10-14(3)9-15(4)20-18/h5-10,13,19H,11-12H2,1-4H3. The Morgan fingerprint density at radius 3 is 2.43 bits per heavy atom. The Hall–Kier alpha value is -1.32. The van der Waals surface area contributed by atoms with Crippen LogP contribution >= 0.6 is 11.8 Å². The summed E-state index contributed by atoms with van der Waals surface area (Å²) in [5.41, 5.74) is 3.67. The fraction of sp³-hybridized carbons (Fsp3) is 0.389. The van der Waals surface area contributed by atoms with Crippen LogP contribution in [0.25, 0.3) is 0 Å². The summed E-state index contributed by atoms with van der Waals surface area (Å²) in [5, 5.41) is 4.53. The molecular weight excluding hydrogens is 276 g/mol. The number of hydrogen-bond acceptors (Lipinski definition) is 3. The van der Waals surface area contributed by atoms with Crippen molar-refractivity contribution in [1.82, 2.24) is 10.3 Å². The van der Waals surface area contributed by atoms with Crippen molar-refractivity contribution in [3.05, 3.63) is 53.2 Å². The second-order valence-electron chi connectivity index (χ2n) is 5.89. The molecule has 0 aliphatic rings. The highest BCUT2D eigenvalue weighted by Gasteiger charge is 2.02. The van der Waals surface area contributed by atoms with E-state index in [1.165, 1.54) is 16.0 Å². The summed E-state index contributed by atoms with van der Waals surface area (Å²) in [5.74, 6) is 0.690. The Kier molecular flexibility index (Phi) is 5.83. The fourth-order valence-corrected chi connectivity index (χ4v) is 3.11. The van der Waals surface area contributed by atoms with E-state index in [0.29, 0.717) is 5.92 Å². The van der Waals surface area contributed by atoms with Crippen LogP contribution < -0.4 is 5.32 Å². The summed E-state index contributed by atoms with van der Waals surface area (Å²) in [7, 11) is 0. The molecule has 1 aromatic carbocycles. The predicted molar refractivity (Wildman–Crippen MR) is 90.8 cm³/mol. The topological polar surface area (TPSA) is 24.9 Å². The zero-order chi connectivity index (χ0) is 15.2. The maximum atomic E-state index is 4.57. The van der Waals surface area contributed by atoms with Crippen molar-refractivity contribution in [3.63, 3.8) is 0 Å². The van der Waals surface area contributed by atoms with Crippen molar-refractivity contribution >= 4 is 11.8 Å². The lowest BCUT2D eigenvalue weighted by Crippen LogP contribution is -2.18. The third kappa shape index (κ3) is 5.52. The molecule has 0 aliphatic heterocycles. The van der Waals surface area contributed by atoms with Gasteiger partial charge in [0, 0.05) is 17.1 Å². The largest absolute Gasteiger partial charge is 0.312 e. The van der Waals surface area contributed by atoms with Crippen molar-refractivity contribution in [3.8, 4) is 0 Å². The van der Waals surface area contributed by atoms with Gasteiger partial charge in [0.25, 0.3) is 0 Å². The minimum Gasteiger partial charge on any atom is -0.312 e. The first-order chi connectivity index (χ1) is 10.0. The van der Waals surface area contributed by atoms with Crippen LogP contribution in [0.15, 0.2) is 46.3 Å². The highest BCUT2D eigenvalue weighted by atomic mass is 32.2. The number of hydrogen-bond donors (Lipinski definition) is 1. The molecule has 112 valence electrons. The molecule has 0 fully saturated rings. The molecule has 0 aliphatic carbocycles. The predicted octanol–water partition coefficient (Wildman–Crippen LogP) is 4.60. The van der Waals surface area contributed by atoms with Gasteiger partial charge in [0.15, 0.2) is 0 Å². The summed E-state index contributed by atoms with van der Waals surface area (Å²) in [4.78, 5) is 5.81. The molecule has 3 heteroatoms. The van der Waals surface area contributed by atoms with Crippen molar-refractivity contribution in [2.24, 2.45) is 5.92 Å². The fourth-order valence-electron chi connectivity index (χ4n) is 2.16. The van der Waals surface area contributed by atoms with Gasteiger partial charge in [-0.3, -0.25) is 0 Å². The molecule has 21 heavy (non-hydrogen) atoms. The van der Waals surface area contributed by atoms with E-state index >= 15 is 0 Å². The third-order valence-electron chi connectivity index (χ3n) is 3.10. The molecule has 0 spiro atoms. The first-order valence-electron chi connectivity index (χ1n) is 7.46. The average Bonchev–Trinajstić information content (AvgIpc) is 2.39. The Morgan fingerprint density at radius 2 is 1.81 bits per heavy atom. The molecule has 0 bridgehead atoms. The van der Waals surface area contributed by atoms with Crippen LogP contribution in [-0.2, 0) is 6.54 Å². The summed E-state index contributed by atoms with van der Waals surface area (Å²) < 4.78 is 0. The van der Waals surface area contributed by atoms with Crippen molar-refractivity contribution < 1.29 is 0 Å². The second kappa shape index (κ2) is 7.62. The van der Waals surface area contributed by atoms with Crippen LogP contribution in [0.4, 0.5) is 0 Å². The van der Waals surface area contributed by atoms with E-state index in [1.807, 2.05) is 6.92 Å². The number of nitrogens with one attached hydrogen (secondary N) is 1. The van der Waals surface area contributed by atoms with E-state index in [0.717, 1.165) is 23.8 Å². The number of aryl methyl sites for hydroxylation is 2. The third-order valence-corrected chi connectivity index (χ3v) is 4.03. The Balaban J connectivity index is 1.95. The van der Waals surface area contributed by atoms with Crippen LogP contribution in [0.3, 0.4) is 0 Å². The lowest BCUT2D eigenvalue weighted by molar-refractivity contribution is 0.552. The first kappa shape index (κ1) is 16.1. The van der Waals surface area contributed by atoms with E-state index in [-0.39, 0.29) is 0 Å². The number of benzene rings is 1. The van der Waals surface area contributed by atoms with Gasteiger partial charge >= 0.3 is 0 Å². The Morgan fingerprint density at radius 1 is 1.10 bits per heavy atom. The molecular formula is C18H24N2S. The molecule has 2 aromatic rings. The van der Waals surface area contributed by atoms with E-state index in [1.54, 1.807) is 11.8 Å². The van der Waals surface area contributed by atoms with E-state index in [4.69, 9.17) is 0 Å². The molecule has 0 unspecified atom stereocenters. The van der Waals surface area contributed by atoms with Gasteiger partial charge in [0.2, 0.25) is 0 Å². The molecule has 0 atom stereocenters. The van der Waals surface area contributed by atoms with Crippen LogP contribution in [0.1, 0.15) is 30.7 Å². The van der Waals surface area contributed by atoms with E-state index < -0.39 is 0 Å². The van der Waals surface area contributed by atoms with Gasteiger partial charge in [0.1, 0.15) is 5.03 Å². The quantitative estimate of drug-likeness (QED) is 0.844. The summed E-state index contributed by atoms with van der Waals surface area (Å²) in [6.45, 7) is 10.6. The second-order valence-corrected chi connectivity index (χ2v) is 6.99. The maximum absolute atomic E-state index is 4.57. The molecule has 2 rings (SSSR count). The van der Waals surface area contributed by atoms with Crippen molar-refractivity contribution in [2.75, 3.05) is 6.54 Å². The first-order valence-corrected chi connectivity index (χ1v) is 8.27. The Labute approximate surface area is 132 Å². The van der Waals surface area contributed by atoms with Crippen molar-refractivity contribution in [2.45, 2.75) is 44.2 Å². The van der Waals surface area contributed by atoms with E-state index in [9.17, 15) is 0 Å². The number of aromatic nitrogens is 1. The van der Waals surface area contributed by atoms with Gasteiger partial charge in [0.05, 0.1) is 0 Å². The lowest BCUT2D eigenvalue weighted by Gasteiger charge is -2.08. The molecule has 1 N–H and O–H groups in total. The zero-order valence-corrected chi connectivity index (χ0v) is 14.1. The van der Waals surface area contributed by atoms with Crippen molar-refractivity contribution in [1.29, 1.82) is 0 Å². The summed E-state index contributed by atoms with van der Waals surface area (Å²) in [6, 6.07) is 13.0. The average molecular weight is 300 g/mol. The zero-order valence-electron chi connectivity index (χ0n) is 13.3. The minimum absolute atomic E-state index is 0.690. The normalized spacial score (nSPS) is 11.1. The molecule has 0 radical (unpaired) electrons. The highest BCUT2D eigenvalue weighted by molar-refractivity contribution is 7.99. The lowest BCUT2D eigenvalue weighted by atomic mass is 10.2. The maximum Gasteiger partial charge on any atom is 0.101 e. The van der Waals surface area contributed by atoms with Crippen LogP contribution in [0.5, 0.6) is 0 Å². The summed E-state index contributed by atoms with van der Waals surface area (Å²) >= 11 is 1.72. The highest BCUT2D eigenvalue weighted by Crippen LogP contribution is 2.27. The van der Waals surface area contributed by atoms with Crippen LogP contribution in [-0.4, -0.2) is 11.5 Å². The van der Waals surface area contributed by atoms with Gasteiger partial charge in [-0.25, -0.2) is 4.98 Å². The molecule has 0 saturated heterocycles. The number of pyridine rings is 1. The van der Waals surface area contributed by atoms with Gasteiger partial charge in [-0.05, 0) is 61.7 Å². The molecule has 0 amide bonds. The van der Waals surface area contributed by atoms with Gasteiger partial charge < -0.3 is 5.32 Å². The van der Waals surface area contributed by atoms with Gasteiger partial charge in [-0.15, -0.1) is 0 Å². The van der Waals surface area contributed by atoms with Gasteiger partial charge in [-0.1, -0.05) is 37.7 Å². The monoisotopic (exact) mass is 300 g/mol. The SMILES string of the molecule is Cc1cc(C)nc(Sc2ccc(CNCC(C)C)cc2)c1. The van der Waals surface area contributed by atoms with Crippen LogP contribution in [0.2, 0.25) is 0 Å². The number of nitrogens with zero attached hydrogens (tertiary/aromatic N) is 1. The van der Waals surface area contributed by atoms with Crippen LogP contribution in [0, 0.1) is 19.8 Å². The van der Waals surface area contributed by atoms with E-state index in [2.05, 4.69) is 67.5 Å². The summed E-state index contributed by atoms with van der Waals surface area (Å²) in [6.07, 6.45) is 0. The van der Waals surface area contributed by atoms with Gasteiger partial charge in [-0.2, -0.15) is 0 Å². The molecule has 1 heterocycles. The molecule has 1 aromatic heterocycles. The molecule has 2 nitrogen and oxygen atoms in total. The number of rotatable bonds is 6. The minimum atomic E-state index is 0.690.